The summed E-state index contributed by atoms with van der Waals surface area (Å²) in [6.07, 6.45) is 3.91. The van der Waals surface area contributed by atoms with Crippen LogP contribution in [0.1, 0.15) is 56.8 Å². The van der Waals surface area contributed by atoms with Crippen molar-refractivity contribution < 1.29 is 9.59 Å². The molecule has 0 bridgehead atoms. The number of rotatable bonds is 5. The molecule has 0 aliphatic carbocycles. The van der Waals surface area contributed by atoms with E-state index in [2.05, 4.69) is 25.7 Å². The molecular formula is C25H36N4O2S. The second-order valence-corrected chi connectivity index (χ2v) is 10.6. The molecule has 2 aliphatic rings. The average Bonchev–Trinajstić information content (AvgIpc) is 3.15. The van der Waals surface area contributed by atoms with E-state index in [4.69, 9.17) is 5.73 Å². The Morgan fingerprint density at radius 1 is 1.16 bits per heavy atom. The third-order valence-electron chi connectivity index (χ3n) is 7.40. The number of carbonyl (C=O) groups excluding carboxylic acids is 2. The minimum atomic E-state index is -0.304. The summed E-state index contributed by atoms with van der Waals surface area (Å²) < 4.78 is 1.06. The third kappa shape index (κ3) is 4.25. The van der Waals surface area contributed by atoms with Crippen LogP contribution in [0, 0.1) is 5.41 Å². The number of benzene rings is 1. The predicted molar refractivity (Wildman–Crippen MR) is 132 cm³/mol. The van der Waals surface area contributed by atoms with Crippen LogP contribution in [0.25, 0.3) is 10.1 Å². The lowest BCUT2D eigenvalue weighted by atomic mass is 9.79. The predicted octanol–water partition coefficient (Wildman–Crippen LogP) is 4.06. The van der Waals surface area contributed by atoms with Gasteiger partial charge in [-0.2, -0.15) is 0 Å². The summed E-state index contributed by atoms with van der Waals surface area (Å²) in [5.41, 5.74) is 6.60. The Labute approximate surface area is 195 Å². The van der Waals surface area contributed by atoms with Crippen LogP contribution < -0.4 is 5.73 Å². The normalized spacial score (nSPS) is 22.9. The number of likely N-dealkylation sites (tertiary alicyclic amines) is 2. The van der Waals surface area contributed by atoms with E-state index < -0.39 is 0 Å². The molecule has 2 amide bonds. The van der Waals surface area contributed by atoms with Crippen molar-refractivity contribution in [2.75, 3.05) is 45.0 Å². The number of anilines is 1. The van der Waals surface area contributed by atoms with Crippen molar-refractivity contribution in [1.29, 1.82) is 0 Å². The Morgan fingerprint density at radius 3 is 2.53 bits per heavy atom. The fourth-order valence-corrected chi connectivity index (χ4v) is 6.50. The van der Waals surface area contributed by atoms with Crippen molar-refractivity contribution in [2.45, 2.75) is 52.5 Å². The van der Waals surface area contributed by atoms with Gasteiger partial charge >= 0.3 is 0 Å². The molecule has 2 N–H and O–H groups in total. The van der Waals surface area contributed by atoms with E-state index in [-0.39, 0.29) is 11.3 Å². The number of nitrogens with zero attached hydrogens (tertiary/aromatic N) is 3. The van der Waals surface area contributed by atoms with Gasteiger partial charge in [-0.15, -0.1) is 11.3 Å². The van der Waals surface area contributed by atoms with Crippen LogP contribution in [0.5, 0.6) is 0 Å². The van der Waals surface area contributed by atoms with Crippen LogP contribution in [0.2, 0.25) is 0 Å². The molecule has 2 saturated heterocycles. The molecular weight excluding hydrogens is 420 g/mol. The Balaban J connectivity index is 1.40. The molecule has 2 aliphatic heterocycles. The van der Waals surface area contributed by atoms with E-state index >= 15 is 0 Å². The van der Waals surface area contributed by atoms with Gasteiger partial charge in [0, 0.05) is 48.9 Å². The standard InChI is InChI=1S/C25H36N4O2S/c1-4-27(5-2)24(31)25(3)13-8-14-29(17-25)18-11-15-28(16-12-18)23(30)21-19-9-6-7-10-20(19)32-22(21)26/h6-7,9-10,18H,4-5,8,11-17,26H2,1-3H3. The SMILES string of the molecule is CCN(CC)C(=O)C1(C)CCCN(C2CCN(C(=O)c3c(N)sc4ccccc34)CC2)C1. The lowest BCUT2D eigenvalue weighted by Gasteiger charge is -2.46. The average molecular weight is 457 g/mol. The maximum absolute atomic E-state index is 13.3. The Kier molecular flexibility index (Phi) is 6.77. The van der Waals surface area contributed by atoms with Crippen LogP contribution in [0.3, 0.4) is 0 Å². The summed E-state index contributed by atoms with van der Waals surface area (Å²) in [5, 5.41) is 1.57. The molecule has 0 radical (unpaired) electrons. The van der Waals surface area contributed by atoms with Crippen LogP contribution in [0.4, 0.5) is 5.00 Å². The topological polar surface area (TPSA) is 69.9 Å². The quantitative estimate of drug-likeness (QED) is 0.737. The van der Waals surface area contributed by atoms with E-state index in [1.165, 1.54) is 11.3 Å². The second kappa shape index (κ2) is 9.40. The minimum Gasteiger partial charge on any atom is -0.390 e. The molecule has 1 aromatic heterocycles. The molecule has 0 spiro atoms. The molecule has 7 heteroatoms. The number of hydrogen-bond acceptors (Lipinski definition) is 5. The molecule has 6 nitrogen and oxygen atoms in total. The van der Waals surface area contributed by atoms with E-state index in [1.54, 1.807) is 0 Å². The number of nitrogen functional groups attached to an aromatic ring is 1. The molecule has 0 saturated carbocycles. The van der Waals surface area contributed by atoms with Gasteiger partial charge in [0.2, 0.25) is 5.91 Å². The highest BCUT2D eigenvalue weighted by Gasteiger charge is 2.42. The lowest BCUT2D eigenvalue weighted by Crippen LogP contribution is -2.56. The largest absolute Gasteiger partial charge is 0.390 e. The van der Waals surface area contributed by atoms with Gasteiger partial charge < -0.3 is 15.5 Å². The maximum Gasteiger partial charge on any atom is 0.257 e. The Morgan fingerprint density at radius 2 is 1.84 bits per heavy atom. The van der Waals surface area contributed by atoms with Gasteiger partial charge in [0.15, 0.2) is 0 Å². The number of nitrogens with two attached hydrogens (primary N) is 1. The summed E-state index contributed by atoms with van der Waals surface area (Å²) >= 11 is 1.49. The number of fused-ring (bicyclic) bond motifs is 1. The molecule has 4 rings (SSSR count). The van der Waals surface area contributed by atoms with Crippen molar-refractivity contribution in [1.82, 2.24) is 14.7 Å². The fourth-order valence-electron chi connectivity index (χ4n) is 5.53. The van der Waals surface area contributed by atoms with E-state index in [1.807, 2.05) is 34.1 Å². The first-order chi connectivity index (χ1) is 15.4. The van der Waals surface area contributed by atoms with Gasteiger partial charge in [-0.05, 0) is 59.1 Å². The number of hydrogen-bond donors (Lipinski definition) is 1. The maximum atomic E-state index is 13.3. The minimum absolute atomic E-state index is 0.0543. The lowest BCUT2D eigenvalue weighted by molar-refractivity contribution is -0.145. The van der Waals surface area contributed by atoms with Crippen molar-refractivity contribution >= 4 is 38.2 Å². The molecule has 1 aromatic carbocycles. The summed E-state index contributed by atoms with van der Waals surface area (Å²) in [5.74, 6) is 0.346. The van der Waals surface area contributed by atoms with E-state index in [0.29, 0.717) is 22.5 Å². The number of amides is 2. The van der Waals surface area contributed by atoms with Gasteiger partial charge in [0.25, 0.3) is 5.91 Å². The van der Waals surface area contributed by atoms with Crippen molar-refractivity contribution in [3.05, 3.63) is 29.8 Å². The zero-order valence-electron chi connectivity index (χ0n) is 19.6. The monoisotopic (exact) mass is 456 g/mol. The first kappa shape index (κ1) is 23.1. The van der Waals surface area contributed by atoms with Crippen molar-refractivity contribution in [2.24, 2.45) is 5.41 Å². The second-order valence-electron chi connectivity index (χ2n) is 9.47. The molecule has 3 heterocycles. The van der Waals surface area contributed by atoms with E-state index in [0.717, 1.165) is 75.0 Å². The number of piperidine rings is 2. The zero-order chi connectivity index (χ0) is 22.9. The third-order valence-corrected chi connectivity index (χ3v) is 8.40. The zero-order valence-corrected chi connectivity index (χ0v) is 20.4. The molecule has 1 atom stereocenters. The molecule has 1 unspecified atom stereocenters. The molecule has 2 fully saturated rings. The number of thiophene rings is 1. The molecule has 32 heavy (non-hydrogen) atoms. The van der Waals surface area contributed by atoms with Gasteiger partial charge in [-0.25, -0.2) is 0 Å². The van der Waals surface area contributed by atoms with Gasteiger partial charge in [0.05, 0.1) is 16.0 Å². The highest BCUT2D eigenvalue weighted by molar-refractivity contribution is 7.23. The fraction of sp³-hybridized carbons (Fsp3) is 0.600. The van der Waals surface area contributed by atoms with Crippen LogP contribution >= 0.6 is 11.3 Å². The summed E-state index contributed by atoms with van der Waals surface area (Å²) in [7, 11) is 0. The molecule has 174 valence electrons. The van der Waals surface area contributed by atoms with Gasteiger partial charge in [0.1, 0.15) is 0 Å². The summed E-state index contributed by atoms with van der Waals surface area (Å²) in [6.45, 7) is 11.1. The van der Waals surface area contributed by atoms with Crippen molar-refractivity contribution in [3.8, 4) is 0 Å². The van der Waals surface area contributed by atoms with Crippen LogP contribution in [-0.2, 0) is 4.79 Å². The summed E-state index contributed by atoms with van der Waals surface area (Å²) in [6, 6.07) is 8.38. The van der Waals surface area contributed by atoms with E-state index in [9.17, 15) is 9.59 Å². The van der Waals surface area contributed by atoms with Gasteiger partial charge in [-0.1, -0.05) is 18.2 Å². The smallest absolute Gasteiger partial charge is 0.257 e. The Bertz CT molecular complexity index is 977. The van der Waals surface area contributed by atoms with Crippen LogP contribution in [-0.4, -0.2) is 71.8 Å². The first-order valence-electron chi connectivity index (χ1n) is 12.0. The highest BCUT2D eigenvalue weighted by Crippen LogP contribution is 2.36. The summed E-state index contributed by atoms with van der Waals surface area (Å²) in [4.78, 5) is 32.9. The Hall–Kier alpha value is -2.12. The highest BCUT2D eigenvalue weighted by atomic mass is 32.1. The van der Waals surface area contributed by atoms with Crippen LogP contribution in [0.15, 0.2) is 24.3 Å². The molecule has 2 aromatic rings. The first-order valence-corrected chi connectivity index (χ1v) is 12.8. The van der Waals surface area contributed by atoms with Gasteiger partial charge in [-0.3, -0.25) is 14.5 Å². The van der Waals surface area contributed by atoms with Crippen molar-refractivity contribution in [3.63, 3.8) is 0 Å². The number of carbonyl (C=O) groups is 2.